The molecule has 7 nitrogen and oxygen atoms in total. The number of hydrogen-bond acceptors (Lipinski definition) is 5. The third-order valence-corrected chi connectivity index (χ3v) is 5.57. The van der Waals surface area contributed by atoms with E-state index in [0.717, 1.165) is 17.8 Å². The van der Waals surface area contributed by atoms with E-state index in [1.807, 2.05) is 17.0 Å². The first-order valence-electron chi connectivity index (χ1n) is 10.2. The molecule has 11 heteroatoms. The van der Waals surface area contributed by atoms with Crippen molar-refractivity contribution in [3.63, 3.8) is 0 Å². The van der Waals surface area contributed by atoms with Crippen LogP contribution in [0.1, 0.15) is 11.1 Å². The van der Waals surface area contributed by atoms with Gasteiger partial charge in [0.05, 0.1) is 5.56 Å². The average molecular weight is 486 g/mol. The lowest BCUT2D eigenvalue weighted by molar-refractivity contribution is -0.153. The molecule has 1 heterocycles. The molecule has 2 aromatic rings. The molecule has 178 valence electrons. The van der Waals surface area contributed by atoms with E-state index >= 15 is 0 Å². The Bertz CT molecular complexity index is 980. The summed E-state index contributed by atoms with van der Waals surface area (Å²) in [5, 5.41) is 23.2. The fourth-order valence-electron chi connectivity index (χ4n) is 3.43. The van der Waals surface area contributed by atoms with Gasteiger partial charge >= 0.3 is 6.18 Å². The highest BCUT2D eigenvalue weighted by molar-refractivity contribution is 6.30. The number of anilines is 1. The monoisotopic (exact) mass is 485 g/mol. The second-order valence-electron chi connectivity index (χ2n) is 7.59. The summed E-state index contributed by atoms with van der Waals surface area (Å²) >= 11 is 6.00. The molecule has 3 N–H and O–H groups in total. The third kappa shape index (κ3) is 6.37. The number of aliphatic hydroxyl groups excluding tert-OH is 2. The van der Waals surface area contributed by atoms with Crippen LogP contribution in [0, 0.1) is 0 Å². The molecule has 3 rings (SSSR count). The van der Waals surface area contributed by atoms with Crippen LogP contribution >= 0.6 is 11.6 Å². The number of aliphatic hydroxyl groups is 2. The maximum atomic E-state index is 12.6. The minimum absolute atomic E-state index is 0.173. The minimum atomic E-state index is -4.47. The van der Waals surface area contributed by atoms with Crippen molar-refractivity contribution in [3.8, 4) is 0 Å². The summed E-state index contributed by atoms with van der Waals surface area (Å²) in [6.07, 6.45) is -8.45. The Morgan fingerprint density at radius 2 is 1.64 bits per heavy atom. The molecular weight excluding hydrogens is 463 g/mol. The van der Waals surface area contributed by atoms with Crippen LogP contribution in [0.3, 0.4) is 0 Å². The van der Waals surface area contributed by atoms with Gasteiger partial charge in [-0.3, -0.25) is 9.59 Å². The first kappa shape index (κ1) is 24.8. The summed E-state index contributed by atoms with van der Waals surface area (Å²) < 4.78 is 37.8. The molecule has 0 saturated carbocycles. The molecule has 0 aromatic heterocycles. The van der Waals surface area contributed by atoms with Gasteiger partial charge in [-0.15, -0.1) is 0 Å². The van der Waals surface area contributed by atoms with Gasteiger partial charge in [-0.2, -0.15) is 13.2 Å². The van der Waals surface area contributed by atoms with Crippen molar-refractivity contribution in [1.29, 1.82) is 0 Å². The lowest BCUT2D eigenvalue weighted by Gasteiger charge is -2.37. The van der Waals surface area contributed by atoms with Crippen LogP contribution in [-0.2, 0) is 22.3 Å². The van der Waals surface area contributed by atoms with Crippen LogP contribution in [0.25, 0.3) is 0 Å². The number of amides is 2. The largest absolute Gasteiger partial charge is 0.416 e. The second-order valence-corrected chi connectivity index (χ2v) is 8.03. The first-order valence-corrected chi connectivity index (χ1v) is 10.5. The molecule has 0 aliphatic carbocycles. The van der Waals surface area contributed by atoms with E-state index < -0.39 is 35.8 Å². The number of carbonyl (C=O) groups is 2. The number of alkyl halides is 3. The molecule has 0 spiro atoms. The zero-order valence-electron chi connectivity index (χ0n) is 17.4. The van der Waals surface area contributed by atoms with E-state index in [1.165, 1.54) is 17.0 Å². The summed E-state index contributed by atoms with van der Waals surface area (Å²) in [7, 11) is 0. The Kier molecular flexibility index (Phi) is 7.83. The van der Waals surface area contributed by atoms with Crippen molar-refractivity contribution in [2.24, 2.45) is 0 Å². The average Bonchev–Trinajstić information content (AvgIpc) is 2.81. The van der Waals surface area contributed by atoms with E-state index in [-0.39, 0.29) is 19.6 Å². The highest BCUT2D eigenvalue weighted by Crippen LogP contribution is 2.29. The normalized spacial score (nSPS) is 16.3. The molecule has 0 unspecified atom stereocenters. The van der Waals surface area contributed by atoms with E-state index in [2.05, 4.69) is 5.32 Å². The molecule has 2 aromatic carbocycles. The Morgan fingerprint density at radius 3 is 2.21 bits per heavy atom. The van der Waals surface area contributed by atoms with Crippen molar-refractivity contribution in [2.75, 3.05) is 31.1 Å². The maximum Gasteiger partial charge on any atom is 0.416 e. The highest BCUT2D eigenvalue weighted by Gasteiger charge is 2.34. The van der Waals surface area contributed by atoms with Gasteiger partial charge in [0.15, 0.2) is 12.2 Å². The third-order valence-electron chi connectivity index (χ3n) is 5.33. The second kappa shape index (κ2) is 10.4. The van der Waals surface area contributed by atoms with Crippen molar-refractivity contribution >= 4 is 29.1 Å². The van der Waals surface area contributed by atoms with Crippen LogP contribution in [0.4, 0.5) is 18.9 Å². The number of benzene rings is 2. The van der Waals surface area contributed by atoms with Crippen LogP contribution in [-0.4, -0.2) is 65.3 Å². The quantitative estimate of drug-likeness (QED) is 0.582. The van der Waals surface area contributed by atoms with Crippen molar-refractivity contribution in [2.45, 2.75) is 24.9 Å². The number of piperazine rings is 1. The van der Waals surface area contributed by atoms with Crippen molar-refractivity contribution in [3.05, 3.63) is 64.7 Å². The number of rotatable bonds is 6. The summed E-state index contributed by atoms with van der Waals surface area (Å²) in [6.45, 7) is 1.35. The van der Waals surface area contributed by atoms with E-state index in [0.29, 0.717) is 23.7 Å². The molecule has 2 atom stereocenters. The Hall–Kier alpha value is -2.82. The molecule has 1 aliphatic rings. The molecule has 0 radical (unpaired) electrons. The van der Waals surface area contributed by atoms with E-state index in [1.54, 1.807) is 12.1 Å². The van der Waals surface area contributed by atoms with Gasteiger partial charge in [0, 0.05) is 43.4 Å². The van der Waals surface area contributed by atoms with Crippen LogP contribution in [0.15, 0.2) is 48.5 Å². The van der Waals surface area contributed by atoms with Gasteiger partial charge in [0.25, 0.3) is 11.8 Å². The molecular formula is C22H23ClF3N3O4. The topological polar surface area (TPSA) is 93.1 Å². The minimum Gasteiger partial charge on any atom is -0.380 e. The fourth-order valence-corrected chi connectivity index (χ4v) is 3.61. The summed E-state index contributed by atoms with van der Waals surface area (Å²) in [4.78, 5) is 28.1. The predicted octanol–water partition coefficient (Wildman–Crippen LogP) is 2.05. The predicted molar refractivity (Wildman–Crippen MR) is 116 cm³/mol. The van der Waals surface area contributed by atoms with Crippen molar-refractivity contribution in [1.82, 2.24) is 10.2 Å². The van der Waals surface area contributed by atoms with Gasteiger partial charge in [0.2, 0.25) is 0 Å². The number of halogens is 4. The molecule has 1 aliphatic heterocycles. The Morgan fingerprint density at radius 1 is 1.00 bits per heavy atom. The number of nitrogens with one attached hydrogen (secondary N) is 1. The number of nitrogens with zero attached hydrogens (tertiary/aromatic N) is 2. The maximum absolute atomic E-state index is 12.6. The SMILES string of the molecule is O=C(NCc1ccc(C(F)(F)F)cc1)[C@H](O)[C@@H](O)C(=O)N1CCN(c2cccc(Cl)c2)CC1. The molecule has 1 fully saturated rings. The Labute approximate surface area is 193 Å². The molecule has 33 heavy (non-hydrogen) atoms. The Balaban J connectivity index is 1.49. The number of carbonyl (C=O) groups excluding carboxylic acids is 2. The van der Waals surface area contributed by atoms with Crippen molar-refractivity contribution < 1.29 is 33.0 Å². The van der Waals surface area contributed by atoms with Crippen LogP contribution < -0.4 is 10.2 Å². The smallest absolute Gasteiger partial charge is 0.380 e. The lowest BCUT2D eigenvalue weighted by Crippen LogP contribution is -2.55. The fraction of sp³-hybridized carbons (Fsp3) is 0.364. The zero-order chi connectivity index (χ0) is 24.2. The lowest BCUT2D eigenvalue weighted by atomic mass is 10.1. The van der Waals surface area contributed by atoms with Gasteiger partial charge in [0.1, 0.15) is 0 Å². The van der Waals surface area contributed by atoms with Crippen LogP contribution in [0.2, 0.25) is 5.02 Å². The number of hydrogen-bond donors (Lipinski definition) is 3. The first-order chi connectivity index (χ1) is 15.6. The summed E-state index contributed by atoms with van der Waals surface area (Å²) in [5.74, 6) is -1.79. The summed E-state index contributed by atoms with van der Waals surface area (Å²) in [6, 6.07) is 11.4. The van der Waals surface area contributed by atoms with E-state index in [9.17, 15) is 33.0 Å². The van der Waals surface area contributed by atoms with Crippen LogP contribution in [0.5, 0.6) is 0 Å². The molecule has 1 saturated heterocycles. The molecule has 0 bridgehead atoms. The van der Waals surface area contributed by atoms with Gasteiger partial charge < -0.3 is 25.3 Å². The highest BCUT2D eigenvalue weighted by atomic mass is 35.5. The van der Waals surface area contributed by atoms with Gasteiger partial charge in [-0.1, -0.05) is 29.8 Å². The van der Waals surface area contributed by atoms with Gasteiger partial charge in [-0.05, 0) is 35.9 Å². The van der Waals surface area contributed by atoms with E-state index in [4.69, 9.17) is 11.6 Å². The molecule has 2 amide bonds. The standard InChI is InChI=1S/C22H23ClF3N3O4/c23-16-2-1-3-17(12-16)28-8-10-29(11-9-28)21(33)19(31)18(30)20(32)27-13-14-4-6-15(7-5-14)22(24,25)26/h1-7,12,18-19,30-31H,8-11,13H2,(H,27,32)/t18-,19-/m1/s1. The zero-order valence-corrected chi connectivity index (χ0v) is 18.2. The van der Waals surface area contributed by atoms with Gasteiger partial charge in [-0.25, -0.2) is 0 Å². The summed E-state index contributed by atoms with van der Waals surface area (Å²) in [5.41, 5.74) is 0.438.